The third-order valence-corrected chi connectivity index (χ3v) is 2.02. The number of nitrogen functional groups attached to an aromatic ring is 1. The molecular formula is C10H11IN2. The van der Waals surface area contributed by atoms with Crippen molar-refractivity contribution in [3.63, 3.8) is 0 Å². The summed E-state index contributed by atoms with van der Waals surface area (Å²) in [6.45, 7) is 0. The molecule has 0 aliphatic heterocycles. The number of aromatic nitrogens is 1. The van der Waals surface area contributed by atoms with Crippen LogP contribution >= 0.6 is 0 Å². The third kappa shape index (κ3) is 1.91. The molecule has 0 atom stereocenters. The average molecular weight is 286 g/mol. The lowest BCUT2D eigenvalue weighted by Gasteiger charge is -1.96. The number of fused-ring (bicyclic) bond motifs is 1. The topological polar surface area (TPSA) is 29.9 Å². The van der Waals surface area contributed by atoms with Crippen molar-refractivity contribution in [3.05, 3.63) is 36.5 Å². The first-order valence-corrected chi connectivity index (χ1v) is 3.91. The smallest absolute Gasteiger partial charge is 0.212 e. The number of benzene rings is 1. The molecule has 1 aromatic heterocycles. The van der Waals surface area contributed by atoms with E-state index in [0.29, 0.717) is 0 Å². The molecule has 0 saturated carbocycles. The van der Waals surface area contributed by atoms with Gasteiger partial charge in [0.25, 0.3) is 0 Å². The van der Waals surface area contributed by atoms with Gasteiger partial charge in [-0.05, 0) is 18.2 Å². The Morgan fingerprint density at radius 2 is 2.00 bits per heavy atom. The average Bonchev–Trinajstić information content (AvgIpc) is 2.04. The highest BCUT2D eigenvalue weighted by Gasteiger charge is 2.01. The Labute approximate surface area is 94.4 Å². The molecule has 2 nitrogen and oxygen atoms in total. The van der Waals surface area contributed by atoms with Crippen molar-refractivity contribution in [2.45, 2.75) is 0 Å². The Kier molecular flexibility index (Phi) is 3.08. The van der Waals surface area contributed by atoms with E-state index in [1.165, 1.54) is 10.9 Å². The van der Waals surface area contributed by atoms with Crippen LogP contribution < -0.4 is 34.3 Å². The van der Waals surface area contributed by atoms with Crippen LogP contribution in [-0.4, -0.2) is 0 Å². The van der Waals surface area contributed by atoms with Crippen LogP contribution in [0.3, 0.4) is 0 Å². The molecule has 0 aliphatic rings. The molecule has 0 aliphatic carbocycles. The van der Waals surface area contributed by atoms with Crippen LogP contribution in [0.4, 0.5) is 5.69 Å². The van der Waals surface area contributed by atoms with Gasteiger partial charge in [-0.2, -0.15) is 0 Å². The summed E-state index contributed by atoms with van der Waals surface area (Å²) in [5, 5.41) is 1.18. The Morgan fingerprint density at radius 1 is 1.23 bits per heavy atom. The highest BCUT2D eigenvalue weighted by atomic mass is 127. The van der Waals surface area contributed by atoms with Crippen molar-refractivity contribution in [3.8, 4) is 0 Å². The van der Waals surface area contributed by atoms with Gasteiger partial charge in [-0.3, -0.25) is 0 Å². The van der Waals surface area contributed by atoms with Gasteiger partial charge in [0.15, 0.2) is 6.20 Å². The molecule has 0 amide bonds. The lowest BCUT2D eigenvalue weighted by Crippen LogP contribution is -3.00. The van der Waals surface area contributed by atoms with Gasteiger partial charge in [-0.15, -0.1) is 0 Å². The standard InChI is InChI=1S/C10H11N2.HI/c1-12-6-2-3-8-7-9(11)4-5-10(8)12;/h2-7H,11H2,1H3;1H/q+1;/p-1. The molecule has 3 heteroatoms. The molecule has 0 spiro atoms. The minimum Gasteiger partial charge on any atom is -1.00 e. The first kappa shape index (κ1) is 10.2. The number of pyridine rings is 1. The van der Waals surface area contributed by atoms with E-state index in [0.717, 1.165) is 5.69 Å². The summed E-state index contributed by atoms with van der Waals surface area (Å²) in [5.41, 5.74) is 7.68. The van der Waals surface area contributed by atoms with Crippen LogP contribution in [0.25, 0.3) is 10.9 Å². The molecule has 13 heavy (non-hydrogen) atoms. The van der Waals surface area contributed by atoms with E-state index in [1.54, 1.807) is 0 Å². The maximum atomic E-state index is 5.66. The fraction of sp³-hybridized carbons (Fsp3) is 0.100. The second-order valence-electron chi connectivity index (χ2n) is 2.94. The van der Waals surface area contributed by atoms with Gasteiger partial charge in [-0.25, -0.2) is 4.57 Å². The summed E-state index contributed by atoms with van der Waals surface area (Å²) in [4.78, 5) is 0. The largest absolute Gasteiger partial charge is 1.00 e. The maximum absolute atomic E-state index is 5.66. The van der Waals surface area contributed by atoms with Gasteiger partial charge in [0, 0.05) is 23.2 Å². The normalized spacial score (nSPS) is 9.62. The summed E-state index contributed by atoms with van der Waals surface area (Å²) in [6, 6.07) is 10.0. The number of anilines is 1. The fourth-order valence-corrected chi connectivity index (χ4v) is 1.38. The van der Waals surface area contributed by atoms with Crippen molar-refractivity contribution in [2.24, 2.45) is 7.05 Å². The van der Waals surface area contributed by atoms with Gasteiger partial charge < -0.3 is 29.7 Å². The Morgan fingerprint density at radius 3 is 2.77 bits per heavy atom. The molecule has 2 rings (SSSR count). The number of hydrogen-bond donors (Lipinski definition) is 1. The van der Waals surface area contributed by atoms with Crippen LogP contribution in [0.1, 0.15) is 0 Å². The zero-order chi connectivity index (χ0) is 8.55. The first-order valence-electron chi connectivity index (χ1n) is 3.91. The number of nitrogens with two attached hydrogens (primary N) is 1. The molecule has 2 aromatic rings. The van der Waals surface area contributed by atoms with Gasteiger partial charge in [-0.1, -0.05) is 0 Å². The van der Waals surface area contributed by atoms with Gasteiger partial charge in [0.1, 0.15) is 7.05 Å². The van der Waals surface area contributed by atoms with Crippen LogP contribution in [0.15, 0.2) is 36.5 Å². The van der Waals surface area contributed by atoms with E-state index in [1.807, 2.05) is 37.5 Å². The predicted octanol–water partition coefficient (Wildman–Crippen LogP) is -1.75. The number of aryl methyl sites for hydroxylation is 1. The summed E-state index contributed by atoms with van der Waals surface area (Å²) in [7, 11) is 2.03. The van der Waals surface area contributed by atoms with E-state index < -0.39 is 0 Å². The number of hydrogen-bond acceptors (Lipinski definition) is 1. The summed E-state index contributed by atoms with van der Waals surface area (Å²) in [5.74, 6) is 0. The monoisotopic (exact) mass is 286 g/mol. The first-order chi connectivity index (χ1) is 5.77. The van der Waals surface area contributed by atoms with E-state index in [2.05, 4.69) is 10.6 Å². The fourth-order valence-electron chi connectivity index (χ4n) is 1.38. The Hall–Kier alpha value is -0.840. The number of halogens is 1. The molecule has 2 N–H and O–H groups in total. The van der Waals surface area contributed by atoms with Crippen LogP contribution in [0, 0.1) is 0 Å². The molecule has 0 saturated heterocycles. The quantitative estimate of drug-likeness (QED) is 0.347. The Bertz CT molecular complexity index is 426. The molecule has 0 radical (unpaired) electrons. The second-order valence-corrected chi connectivity index (χ2v) is 2.94. The summed E-state index contributed by atoms with van der Waals surface area (Å²) < 4.78 is 2.08. The van der Waals surface area contributed by atoms with E-state index in [-0.39, 0.29) is 24.0 Å². The maximum Gasteiger partial charge on any atom is 0.212 e. The molecule has 0 fully saturated rings. The summed E-state index contributed by atoms with van der Waals surface area (Å²) >= 11 is 0. The van der Waals surface area contributed by atoms with Crippen molar-refractivity contribution < 1.29 is 28.5 Å². The van der Waals surface area contributed by atoms with Gasteiger partial charge in [0.2, 0.25) is 5.52 Å². The van der Waals surface area contributed by atoms with Gasteiger partial charge in [0.05, 0.1) is 0 Å². The number of nitrogens with zero attached hydrogens (tertiary/aromatic N) is 1. The second kappa shape index (κ2) is 3.91. The zero-order valence-electron chi connectivity index (χ0n) is 7.37. The van der Waals surface area contributed by atoms with E-state index in [4.69, 9.17) is 5.73 Å². The highest BCUT2D eigenvalue weighted by molar-refractivity contribution is 5.78. The van der Waals surface area contributed by atoms with Crippen LogP contribution in [0.2, 0.25) is 0 Å². The molecule has 68 valence electrons. The van der Waals surface area contributed by atoms with Crippen molar-refractivity contribution in [1.82, 2.24) is 0 Å². The predicted molar refractivity (Wildman–Crippen MR) is 49.5 cm³/mol. The van der Waals surface area contributed by atoms with Crippen LogP contribution in [-0.2, 0) is 7.05 Å². The molecule has 0 bridgehead atoms. The van der Waals surface area contributed by atoms with E-state index >= 15 is 0 Å². The third-order valence-electron chi connectivity index (χ3n) is 2.02. The lowest BCUT2D eigenvalue weighted by atomic mass is 10.2. The minimum absolute atomic E-state index is 0. The molecule has 1 heterocycles. The molecule has 1 aromatic carbocycles. The summed E-state index contributed by atoms with van der Waals surface area (Å²) in [6.07, 6.45) is 2.03. The van der Waals surface area contributed by atoms with E-state index in [9.17, 15) is 0 Å². The molecule has 0 unspecified atom stereocenters. The lowest BCUT2D eigenvalue weighted by molar-refractivity contribution is -0.644. The number of rotatable bonds is 0. The zero-order valence-corrected chi connectivity index (χ0v) is 9.52. The minimum atomic E-state index is 0. The van der Waals surface area contributed by atoms with Crippen molar-refractivity contribution in [2.75, 3.05) is 5.73 Å². The SMILES string of the molecule is C[n+]1cccc2cc(N)ccc21.[I-]. The highest BCUT2D eigenvalue weighted by Crippen LogP contribution is 2.12. The molecular weight excluding hydrogens is 275 g/mol. The van der Waals surface area contributed by atoms with Crippen molar-refractivity contribution >= 4 is 16.6 Å². The van der Waals surface area contributed by atoms with Crippen LogP contribution in [0.5, 0.6) is 0 Å². The van der Waals surface area contributed by atoms with Gasteiger partial charge >= 0.3 is 0 Å². The Balaban J connectivity index is 0.000000845. The van der Waals surface area contributed by atoms with Crippen molar-refractivity contribution in [1.29, 1.82) is 0 Å².